The topological polar surface area (TPSA) is 27.9 Å². The largest absolute Gasteiger partial charge is 0.507 e. The first kappa shape index (κ1) is 22.7. The lowest BCUT2D eigenvalue weighted by molar-refractivity contribution is -0.914. The number of phenolic OH excluding ortho intramolecular Hbond substituents is 1. The summed E-state index contributed by atoms with van der Waals surface area (Å²) in [5, 5.41) is 11.0. The van der Waals surface area contributed by atoms with Crippen LogP contribution in [0.2, 0.25) is 0 Å². The molecule has 2 aromatic carbocycles. The first-order valence-corrected chi connectivity index (χ1v) is 11.4. The molecule has 0 spiro atoms. The number of nitrogens with one attached hydrogen (secondary N) is 1. The molecule has 3 rings (SSSR count). The number of hydrogen-bond donors (Lipinski definition) is 2. The summed E-state index contributed by atoms with van der Waals surface area (Å²) in [6.07, 6.45) is 0. The van der Waals surface area contributed by atoms with Crippen LogP contribution in [0.15, 0.2) is 30.3 Å². The number of anilines is 1. The number of rotatable bonds is 3. The summed E-state index contributed by atoms with van der Waals surface area (Å²) >= 11 is 0. The van der Waals surface area contributed by atoms with E-state index < -0.39 is 0 Å². The van der Waals surface area contributed by atoms with Crippen LogP contribution in [-0.4, -0.2) is 31.3 Å². The molecule has 3 heteroatoms. The minimum Gasteiger partial charge on any atom is -0.507 e. The zero-order valence-corrected chi connectivity index (χ0v) is 20.3. The Hall–Kier alpha value is -2.00. The number of quaternary nitrogens is 1. The van der Waals surface area contributed by atoms with E-state index in [0.29, 0.717) is 5.75 Å². The van der Waals surface area contributed by atoms with Crippen LogP contribution in [0.3, 0.4) is 0 Å². The van der Waals surface area contributed by atoms with E-state index in [4.69, 9.17) is 0 Å². The molecule has 0 bridgehead atoms. The van der Waals surface area contributed by atoms with Gasteiger partial charge in [0.15, 0.2) is 0 Å². The average molecular weight is 410 g/mol. The Morgan fingerprint density at radius 1 is 0.867 bits per heavy atom. The molecule has 0 aliphatic carbocycles. The fraction of sp³-hybridized carbons (Fsp3) is 0.556. The molecule has 1 heterocycles. The third-order valence-electron chi connectivity index (χ3n) is 6.42. The van der Waals surface area contributed by atoms with Crippen LogP contribution in [0.25, 0.3) is 0 Å². The SMILES string of the molecule is Cc1ccc(C)c(N2CC[NH+](Cc3cc(C(C)(C)C)c(O)c(C(C)(C)C)c3)CC2)c1. The van der Waals surface area contributed by atoms with Crippen molar-refractivity contribution in [3.05, 3.63) is 58.1 Å². The van der Waals surface area contributed by atoms with Gasteiger partial charge in [-0.05, 0) is 54.0 Å². The number of phenols is 1. The monoisotopic (exact) mass is 409 g/mol. The Morgan fingerprint density at radius 2 is 1.40 bits per heavy atom. The van der Waals surface area contributed by atoms with E-state index in [2.05, 4.69) is 90.6 Å². The van der Waals surface area contributed by atoms with Crippen molar-refractivity contribution in [3.8, 4) is 5.75 Å². The van der Waals surface area contributed by atoms with Gasteiger partial charge in [-0.1, -0.05) is 53.7 Å². The Kier molecular flexibility index (Phi) is 6.25. The highest BCUT2D eigenvalue weighted by Crippen LogP contribution is 2.39. The standard InChI is InChI=1S/C27H40N2O/c1-19-9-10-20(2)24(15-19)29-13-11-28(12-14-29)18-21-16-22(26(3,4)5)25(30)23(17-21)27(6,7)8/h9-10,15-17,30H,11-14,18H2,1-8H3/p+1. The number of benzene rings is 2. The van der Waals surface area contributed by atoms with Gasteiger partial charge in [0.1, 0.15) is 12.3 Å². The average Bonchev–Trinajstić information content (AvgIpc) is 2.64. The number of aryl methyl sites for hydroxylation is 2. The van der Waals surface area contributed by atoms with Gasteiger partial charge in [0.25, 0.3) is 0 Å². The minimum absolute atomic E-state index is 0.0726. The molecule has 0 atom stereocenters. The van der Waals surface area contributed by atoms with Gasteiger partial charge in [-0.2, -0.15) is 0 Å². The molecule has 1 aliphatic heterocycles. The van der Waals surface area contributed by atoms with Crippen LogP contribution in [0, 0.1) is 13.8 Å². The molecule has 3 nitrogen and oxygen atoms in total. The van der Waals surface area contributed by atoms with E-state index in [9.17, 15) is 5.11 Å². The van der Waals surface area contributed by atoms with Gasteiger partial charge >= 0.3 is 0 Å². The maximum absolute atomic E-state index is 11.0. The smallest absolute Gasteiger partial charge is 0.123 e. The zero-order valence-electron chi connectivity index (χ0n) is 20.3. The summed E-state index contributed by atoms with van der Waals surface area (Å²) in [5.74, 6) is 0.480. The Balaban J connectivity index is 1.78. The molecular weight excluding hydrogens is 368 g/mol. The highest BCUT2D eigenvalue weighted by molar-refractivity contribution is 5.55. The van der Waals surface area contributed by atoms with E-state index in [1.165, 1.54) is 22.4 Å². The van der Waals surface area contributed by atoms with Gasteiger partial charge in [0.2, 0.25) is 0 Å². The van der Waals surface area contributed by atoms with Crippen molar-refractivity contribution in [1.82, 2.24) is 0 Å². The number of aromatic hydroxyl groups is 1. The van der Waals surface area contributed by atoms with E-state index in [1.807, 2.05) is 0 Å². The summed E-state index contributed by atoms with van der Waals surface area (Å²) in [7, 11) is 0. The number of piperazine rings is 1. The van der Waals surface area contributed by atoms with Gasteiger partial charge in [-0.3, -0.25) is 0 Å². The minimum atomic E-state index is -0.0726. The fourth-order valence-corrected chi connectivity index (χ4v) is 4.53. The van der Waals surface area contributed by atoms with Gasteiger partial charge in [-0.15, -0.1) is 0 Å². The van der Waals surface area contributed by atoms with Crippen molar-refractivity contribution in [1.29, 1.82) is 0 Å². The quantitative estimate of drug-likeness (QED) is 0.781. The number of hydrogen-bond acceptors (Lipinski definition) is 2. The van der Waals surface area contributed by atoms with Crippen LogP contribution in [0.1, 0.15) is 69.4 Å². The Labute approximate surface area is 183 Å². The fourth-order valence-electron chi connectivity index (χ4n) is 4.53. The molecule has 1 aliphatic rings. The summed E-state index contributed by atoms with van der Waals surface area (Å²) in [6.45, 7) is 23.0. The molecule has 0 saturated carbocycles. The van der Waals surface area contributed by atoms with Crippen molar-refractivity contribution >= 4 is 5.69 Å². The van der Waals surface area contributed by atoms with Crippen LogP contribution in [0.5, 0.6) is 5.75 Å². The molecule has 2 aromatic rings. The van der Waals surface area contributed by atoms with E-state index in [1.54, 1.807) is 4.90 Å². The summed E-state index contributed by atoms with van der Waals surface area (Å²) < 4.78 is 0. The lowest BCUT2D eigenvalue weighted by atomic mass is 9.78. The van der Waals surface area contributed by atoms with Gasteiger partial charge in [-0.25, -0.2) is 0 Å². The van der Waals surface area contributed by atoms with Gasteiger partial charge < -0.3 is 14.9 Å². The van der Waals surface area contributed by atoms with Crippen molar-refractivity contribution in [2.24, 2.45) is 0 Å². The molecule has 30 heavy (non-hydrogen) atoms. The van der Waals surface area contributed by atoms with Crippen molar-refractivity contribution in [2.45, 2.75) is 72.8 Å². The van der Waals surface area contributed by atoms with E-state index in [-0.39, 0.29) is 10.8 Å². The second kappa shape index (κ2) is 8.26. The second-order valence-electron chi connectivity index (χ2n) is 11.2. The summed E-state index contributed by atoms with van der Waals surface area (Å²) in [4.78, 5) is 4.17. The van der Waals surface area contributed by atoms with Crippen LogP contribution < -0.4 is 9.80 Å². The molecule has 0 unspecified atom stereocenters. The third kappa shape index (κ3) is 5.00. The van der Waals surface area contributed by atoms with E-state index >= 15 is 0 Å². The molecule has 1 fully saturated rings. The van der Waals surface area contributed by atoms with Crippen molar-refractivity contribution in [3.63, 3.8) is 0 Å². The summed E-state index contributed by atoms with van der Waals surface area (Å²) in [6, 6.07) is 11.3. The molecule has 1 saturated heterocycles. The third-order valence-corrected chi connectivity index (χ3v) is 6.42. The predicted molar refractivity (Wildman–Crippen MR) is 128 cm³/mol. The highest BCUT2D eigenvalue weighted by atomic mass is 16.3. The van der Waals surface area contributed by atoms with Gasteiger partial charge in [0, 0.05) is 22.4 Å². The van der Waals surface area contributed by atoms with Crippen LogP contribution in [0.4, 0.5) is 5.69 Å². The molecule has 0 amide bonds. The second-order valence-corrected chi connectivity index (χ2v) is 11.2. The van der Waals surface area contributed by atoms with Crippen LogP contribution in [-0.2, 0) is 17.4 Å². The first-order valence-electron chi connectivity index (χ1n) is 11.4. The number of nitrogens with zero attached hydrogens (tertiary/aromatic N) is 1. The lowest BCUT2D eigenvalue weighted by Crippen LogP contribution is -3.13. The normalized spacial score (nSPS) is 16.2. The van der Waals surface area contributed by atoms with Crippen LogP contribution >= 0.6 is 0 Å². The molecule has 164 valence electrons. The van der Waals surface area contributed by atoms with E-state index in [0.717, 1.165) is 43.9 Å². The zero-order chi connectivity index (χ0) is 22.3. The molecule has 0 radical (unpaired) electrons. The Morgan fingerprint density at radius 3 is 1.90 bits per heavy atom. The molecule has 0 aromatic heterocycles. The predicted octanol–water partition coefficient (Wildman–Crippen LogP) is 4.51. The molecule has 2 N–H and O–H groups in total. The van der Waals surface area contributed by atoms with Crippen molar-refractivity contribution < 1.29 is 10.0 Å². The summed E-state index contributed by atoms with van der Waals surface area (Å²) in [5.41, 5.74) is 7.43. The maximum atomic E-state index is 11.0. The van der Waals surface area contributed by atoms with Crippen molar-refractivity contribution in [2.75, 3.05) is 31.1 Å². The maximum Gasteiger partial charge on any atom is 0.123 e. The first-order chi connectivity index (χ1) is 13.9. The lowest BCUT2D eigenvalue weighted by Gasteiger charge is -2.35. The highest BCUT2D eigenvalue weighted by Gasteiger charge is 2.28. The van der Waals surface area contributed by atoms with Gasteiger partial charge in [0.05, 0.1) is 26.2 Å². The Bertz CT molecular complexity index is 859. The molecular formula is C27H41N2O+.